The van der Waals surface area contributed by atoms with E-state index in [2.05, 4.69) is 38.2 Å². The van der Waals surface area contributed by atoms with Crippen LogP contribution in [0.25, 0.3) is 0 Å². The number of aryl methyl sites for hydroxylation is 1. The molecule has 0 aromatic heterocycles. The zero-order valence-electron chi connectivity index (χ0n) is 12.4. The molecule has 0 aliphatic heterocycles. The highest BCUT2D eigenvalue weighted by Gasteiger charge is 2.14. The van der Waals surface area contributed by atoms with Crippen LogP contribution in [0.5, 0.6) is 5.75 Å². The lowest BCUT2D eigenvalue weighted by Crippen LogP contribution is -2.21. The fourth-order valence-corrected chi connectivity index (χ4v) is 1.94. The van der Waals surface area contributed by atoms with Gasteiger partial charge >= 0.3 is 0 Å². The van der Waals surface area contributed by atoms with Crippen molar-refractivity contribution in [2.24, 2.45) is 0 Å². The fraction of sp³-hybridized carbons (Fsp3) is 0.562. The summed E-state index contributed by atoms with van der Waals surface area (Å²) in [5.41, 5.74) is 2.33. The molecule has 3 nitrogen and oxygen atoms in total. The zero-order chi connectivity index (χ0) is 14.3. The van der Waals surface area contributed by atoms with Gasteiger partial charge in [-0.15, -0.1) is 0 Å². The maximum atomic E-state index is 9.02. The Morgan fingerprint density at radius 3 is 2.68 bits per heavy atom. The van der Waals surface area contributed by atoms with Crippen molar-refractivity contribution in [1.29, 1.82) is 5.26 Å². The van der Waals surface area contributed by atoms with Crippen molar-refractivity contribution in [2.75, 3.05) is 6.54 Å². The summed E-state index contributed by atoms with van der Waals surface area (Å²) >= 11 is 0. The molecule has 0 radical (unpaired) electrons. The molecule has 0 aliphatic rings. The van der Waals surface area contributed by atoms with Gasteiger partial charge in [0.05, 0.1) is 0 Å². The van der Waals surface area contributed by atoms with Gasteiger partial charge in [-0.3, -0.25) is 0 Å². The van der Waals surface area contributed by atoms with Crippen molar-refractivity contribution in [3.8, 4) is 11.8 Å². The molecule has 0 spiro atoms. The van der Waals surface area contributed by atoms with Crippen molar-refractivity contribution in [3.63, 3.8) is 0 Å². The molecule has 104 valence electrons. The molecule has 0 aliphatic carbocycles. The molecular formula is C16H24N2O. The normalized spacial score (nSPS) is 13.6. The van der Waals surface area contributed by atoms with Crippen LogP contribution in [-0.2, 0) is 0 Å². The number of hydrogen-bond acceptors (Lipinski definition) is 3. The summed E-state index contributed by atoms with van der Waals surface area (Å²) in [5.74, 6) is 0.815. The smallest absolute Gasteiger partial charge is 0.184 e. The van der Waals surface area contributed by atoms with Gasteiger partial charge in [-0.25, -0.2) is 0 Å². The molecular weight excluding hydrogens is 236 g/mol. The zero-order valence-corrected chi connectivity index (χ0v) is 12.4. The molecule has 0 heterocycles. The van der Waals surface area contributed by atoms with Gasteiger partial charge in [0.15, 0.2) is 6.10 Å². The van der Waals surface area contributed by atoms with E-state index >= 15 is 0 Å². The van der Waals surface area contributed by atoms with Crippen molar-refractivity contribution in [1.82, 2.24) is 5.32 Å². The number of ether oxygens (including phenoxy) is 1. The third-order valence-corrected chi connectivity index (χ3v) is 3.12. The van der Waals surface area contributed by atoms with Crippen LogP contribution in [-0.4, -0.2) is 12.6 Å². The summed E-state index contributed by atoms with van der Waals surface area (Å²) in [6, 6.07) is 8.53. The second kappa shape index (κ2) is 7.81. The Morgan fingerprint density at radius 2 is 2.11 bits per heavy atom. The van der Waals surface area contributed by atoms with Crippen LogP contribution in [0.4, 0.5) is 0 Å². The Balaban J connectivity index is 2.94. The van der Waals surface area contributed by atoms with E-state index in [4.69, 9.17) is 10.00 Å². The molecule has 0 amide bonds. The van der Waals surface area contributed by atoms with Gasteiger partial charge in [-0.05, 0) is 39.3 Å². The van der Waals surface area contributed by atoms with Crippen LogP contribution < -0.4 is 10.1 Å². The average Bonchev–Trinajstić information content (AvgIpc) is 2.43. The Morgan fingerprint density at radius 1 is 1.37 bits per heavy atom. The molecule has 1 aromatic carbocycles. The van der Waals surface area contributed by atoms with Crippen LogP contribution in [0.1, 0.15) is 50.8 Å². The minimum absolute atomic E-state index is 0.228. The van der Waals surface area contributed by atoms with E-state index in [-0.39, 0.29) is 12.1 Å². The lowest BCUT2D eigenvalue weighted by molar-refractivity contribution is 0.247. The first-order chi connectivity index (χ1) is 9.12. The first-order valence-corrected chi connectivity index (χ1v) is 7.02. The topological polar surface area (TPSA) is 45.0 Å². The van der Waals surface area contributed by atoms with Crippen molar-refractivity contribution in [2.45, 2.75) is 52.7 Å². The lowest BCUT2D eigenvalue weighted by atomic mass is 10.0. The van der Waals surface area contributed by atoms with E-state index in [0.29, 0.717) is 6.42 Å². The molecule has 1 rings (SSSR count). The van der Waals surface area contributed by atoms with Gasteiger partial charge in [0, 0.05) is 11.6 Å². The van der Waals surface area contributed by atoms with Gasteiger partial charge in [0.2, 0.25) is 0 Å². The monoisotopic (exact) mass is 260 g/mol. The Hall–Kier alpha value is -1.53. The Kier molecular flexibility index (Phi) is 6.38. The number of rotatable bonds is 7. The predicted octanol–water partition coefficient (Wildman–Crippen LogP) is 3.74. The Bertz CT molecular complexity index is 437. The quantitative estimate of drug-likeness (QED) is 0.812. The molecule has 0 saturated heterocycles. The maximum Gasteiger partial charge on any atom is 0.184 e. The van der Waals surface area contributed by atoms with E-state index in [9.17, 15) is 0 Å². The molecule has 0 fully saturated rings. The maximum absolute atomic E-state index is 9.02. The predicted molar refractivity (Wildman–Crippen MR) is 78.2 cm³/mol. The summed E-state index contributed by atoms with van der Waals surface area (Å²) in [4.78, 5) is 0. The first-order valence-electron chi connectivity index (χ1n) is 7.02. The van der Waals surface area contributed by atoms with Gasteiger partial charge in [-0.2, -0.15) is 5.26 Å². The summed E-state index contributed by atoms with van der Waals surface area (Å²) in [6.45, 7) is 9.28. The number of nitrogens with one attached hydrogen (secondary N) is 1. The average molecular weight is 260 g/mol. The largest absolute Gasteiger partial charge is 0.475 e. The van der Waals surface area contributed by atoms with Crippen LogP contribution >= 0.6 is 0 Å². The van der Waals surface area contributed by atoms with Crippen molar-refractivity contribution < 1.29 is 4.74 Å². The highest BCUT2D eigenvalue weighted by molar-refractivity contribution is 5.39. The summed E-state index contributed by atoms with van der Waals surface area (Å²) < 4.78 is 5.80. The van der Waals surface area contributed by atoms with E-state index in [1.54, 1.807) is 0 Å². The molecule has 2 unspecified atom stereocenters. The minimum Gasteiger partial charge on any atom is -0.475 e. The van der Waals surface area contributed by atoms with E-state index < -0.39 is 0 Å². The van der Waals surface area contributed by atoms with E-state index in [1.807, 2.05) is 19.1 Å². The fourth-order valence-electron chi connectivity index (χ4n) is 1.94. The number of benzene rings is 1. The highest BCUT2D eigenvalue weighted by Crippen LogP contribution is 2.27. The third-order valence-electron chi connectivity index (χ3n) is 3.12. The molecule has 0 bridgehead atoms. The molecule has 1 aromatic rings. The molecule has 3 heteroatoms. The first kappa shape index (κ1) is 15.5. The SMILES string of the molecule is CCCNC(C)c1cc(C)ccc1OC(C#N)CC. The minimum atomic E-state index is -0.375. The third kappa shape index (κ3) is 4.57. The van der Waals surface area contributed by atoms with E-state index in [0.717, 1.165) is 24.3 Å². The van der Waals surface area contributed by atoms with Crippen molar-refractivity contribution >= 4 is 0 Å². The molecule has 1 N–H and O–H groups in total. The molecule has 0 saturated carbocycles. The van der Waals surface area contributed by atoms with E-state index in [1.165, 1.54) is 5.56 Å². The number of nitrogens with zero attached hydrogens (tertiary/aromatic N) is 1. The molecule has 19 heavy (non-hydrogen) atoms. The van der Waals surface area contributed by atoms with Crippen LogP contribution in [0.2, 0.25) is 0 Å². The Labute approximate surface area is 116 Å². The van der Waals surface area contributed by atoms with Crippen LogP contribution in [0, 0.1) is 18.3 Å². The van der Waals surface area contributed by atoms with Gasteiger partial charge in [0.25, 0.3) is 0 Å². The van der Waals surface area contributed by atoms with Gasteiger partial charge in [-0.1, -0.05) is 31.5 Å². The summed E-state index contributed by atoms with van der Waals surface area (Å²) in [5, 5.41) is 12.5. The summed E-state index contributed by atoms with van der Waals surface area (Å²) in [6.07, 6.45) is 1.42. The lowest BCUT2D eigenvalue weighted by Gasteiger charge is -2.20. The number of nitriles is 1. The van der Waals surface area contributed by atoms with Crippen LogP contribution in [0.15, 0.2) is 18.2 Å². The highest BCUT2D eigenvalue weighted by atomic mass is 16.5. The second-order valence-corrected chi connectivity index (χ2v) is 4.86. The number of hydrogen-bond donors (Lipinski definition) is 1. The van der Waals surface area contributed by atoms with Gasteiger partial charge in [0.1, 0.15) is 11.8 Å². The van der Waals surface area contributed by atoms with Gasteiger partial charge < -0.3 is 10.1 Å². The van der Waals surface area contributed by atoms with Crippen LogP contribution in [0.3, 0.4) is 0 Å². The van der Waals surface area contributed by atoms with Crippen molar-refractivity contribution in [3.05, 3.63) is 29.3 Å². The second-order valence-electron chi connectivity index (χ2n) is 4.86. The standard InChI is InChI=1S/C16H24N2O/c1-5-9-18-13(4)15-10-12(3)7-8-16(15)19-14(6-2)11-17/h7-8,10,13-14,18H,5-6,9H2,1-4H3. The summed E-state index contributed by atoms with van der Waals surface area (Å²) in [7, 11) is 0. The molecule has 2 atom stereocenters.